The van der Waals surface area contributed by atoms with Crippen molar-refractivity contribution in [1.82, 2.24) is 4.90 Å². The molecule has 1 fully saturated rings. The first-order chi connectivity index (χ1) is 20.7. The second-order valence-corrected chi connectivity index (χ2v) is 11.5. The molecule has 8 heteroatoms. The fourth-order valence-corrected chi connectivity index (χ4v) is 6.20. The zero-order chi connectivity index (χ0) is 29.0. The van der Waals surface area contributed by atoms with Crippen LogP contribution in [0.2, 0.25) is 0 Å². The first-order valence-electron chi connectivity index (χ1n) is 14.9. The third-order valence-electron chi connectivity index (χ3n) is 7.62. The molecule has 0 spiro atoms. The molecule has 1 aromatic heterocycles. The van der Waals surface area contributed by atoms with Crippen molar-refractivity contribution in [2.45, 2.75) is 32.6 Å². The summed E-state index contributed by atoms with van der Waals surface area (Å²) in [7, 11) is 0. The van der Waals surface area contributed by atoms with Crippen LogP contribution < -0.4 is 19.3 Å². The molecule has 0 bridgehead atoms. The largest absolute Gasteiger partial charge is 0.494 e. The number of fused-ring (bicyclic) bond motifs is 1. The van der Waals surface area contributed by atoms with E-state index in [4.69, 9.17) is 14.2 Å². The van der Waals surface area contributed by atoms with E-state index in [1.54, 1.807) is 4.90 Å². The Morgan fingerprint density at radius 1 is 0.905 bits per heavy atom. The molecule has 1 aliphatic rings. The van der Waals surface area contributed by atoms with Gasteiger partial charge in [-0.1, -0.05) is 43.7 Å². The van der Waals surface area contributed by atoms with E-state index in [2.05, 4.69) is 52.4 Å². The van der Waals surface area contributed by atoms with Gasteiger partial charge in [0.25, 0.3) is 0 Å². The van der Waals surface area contributed by atoms with Crippen molar-refractivity contribution >= 4 is 39.2 Å². The molecule has 0 aliphatic carbocycles. The number of unbranched alkanes of at least 4 members (excludes halogenated alkanes) is 1. The average Bonchev–Trinajstić information content (AvgIpc) is 3.52. The maximum atomic E-state index is 12.0. The van der Waals surface area contributed by atoms with Gasteiger partial charge in [-0.25, -0.2) is 0 Å². The lowest BCUT2D eigenvalue weighted by atomic mass is 10.1. The first-order valence-corrected chi connectivity index (χ1v) is 15.8. The Kier molecular flexibility index (Phi) is 11.1. The number of aryl methyl sites for hydroxylation is 1. The van der Waals surface area contributed by atoms with Crippen LogP contribution >= 0.6 is 11.3 Å². The number of benzene rings is 3. The Bertz CT molecular complexity index is 1390. The molecule has 0 atom stereocenters. The van der Waals surface area contributed by atoms with Crippen molar-refractivity contribution < 1.29 is 19.0 Å². The molecule has 7 nitrogen and oxygen atoms in total. The molecule has 1 aliphatic heterocycles. The van der Waals surface area contributed by atoms with Gasteiger partial charge in [-0.3, -0.25) is 14.6 Å². The minimum absolute atomic E-state index is 0.0629. The lowest BCUT2D eigenvalue weighted by molar-refractivity contribution is -0.109. The van der Waals surface area contributed by atoms with E-state index in [0.29, 0.717) is 6.61 Å². The maximum absolute atomic E-state index is 12.0. The van der Waals surface area contributed by atoms with Crippen LogP contribution in [0.5, 0.6) is 11.5 Å². The number of ether oxygens (including phenoxy) is 3. The van der Waals surface area contributed by atoms with Gasteiger partial charge >= 0.3 is 0 Å². The number of amides is 1. The molecule has 0 saturated carbocycles. The predicted molar refractivity (Wildman–Crippen MR) is 172 cm³/mol. The van der Waals surface area contributed by atoms with Crippen LogP contribution in [0.15, 0.2) is 78.2 Å². The van der Waals surface area contributed by atoms with Crippen LogP contribution in [0, 0.1) is 0 Å². The van der Waals surface area contributed by atoms with Gasteiger partial charge in [0.2, 0.25) is 6.41 Å². The molecule has 0 unspecified atom stereocenters. The zero-order valence-corrected chi connectivity index (χ0v) is 25.3. The minimum atomic E-state index is 0.0629. The number of piperazine rings is 1. The Balaban J connectivity index is 1.05. The monoisotopic (exact) mass is 587 g/mol. The Labute approximate surface area is 253 Å². The van der Waals surface area contributed by atoms with Crippen molar-refractivity contribution in [2.75, 3.05) is 62.7 Å². The van der Waals surface area contributed by atoms with Crippen LogP contribution in [0.3, 0.4) is 0 Å². The summed E-state index contributed by atoms with van der Waals surface area (Å²) >= 11 is 1.81. The molecule has 3 aromatic carbocycles. The fraction of sp³-hybridized carbons (Fsp3) is 0.382. The molecular formula is C34H41N3O4S. The molecule has 0 radical (unpaired) electrons. The number of para-hydroxylation sites is 1. The topological polar surface area (TPSA) is 54.5 Å². The standard InChI is InChI=1S/C34H41N3O4S/c1-2-9-28-14-15-30(24-33(28)37(25-38)26-39-27-41-29-10-4-3-5-11-29)40-22-7-6-17-35-18-20-36(21-19-35)32-12-8-13-34-31(32)16-23-42-34/h3-5,8,10-16,23-25H,2,6-7,9,17-22,26-27H2,1H3. The molecule has 0 N–H and O–H groups in total. The third kappa shape index (κ3) is 8.03. The summed E-state index contributed by atoms with van der Waals surface area (Å²) in [5.74, 6) is 1.50. The molecule has 5 rings (SSSR count). The third-order valence-corrected chi connectivity index (χ3v) is 8.50. The van der Waals surface area contributed by atoms with Crippen LogP contribution in [0.4, 0.5) is 11.4 Å². The molecule has 1 amide bonds. The molecule has 222 valence electrons. The zero-order valence-electron chi connectivity index (χ0n) is 24.5. The van der Waals surface area contributed by atoms with E-state index in [0.717, 1.165) is 87.6 Å². The molecular weight excluding hydrogens is 546 g/mol. The quantitative estimate of drug-likeness (QED) is 0.0816. The minimum Gasteiger partial charge on any atom is -0.494 e. The van der Waals surface area contributed by atoms with Gasteiger partial charge in [-0.2, -0.15) is 0 Å². The number of carbonyl (C=O) groups is 1. The highest BCUT2D eigenvalue weighted by Gasteiger charge is 2.18. The van der Waals surface area contributed by atoms with Crippen LogP contribution in [-0.2, 0) is 16.0 Å². The van der Waals surface area contributed by atoms with Crippen LogP contribution in [0.25, 0.3) is 10.1 Å². The number of carbonyl (C=O) groups excluding carboxylic acids is 1. The van der Waals surface area contributed by atoms with Gasteiger partial charge < -0.3 is 19.1 Å². The number of nitrogens with zero attached hydrogens (tertiary/aromatic N) is 3. The molecule has 4 aromatic rings. The highest BCUT2D eigenvalue weighted by Crippen LogP contribution is 2.31. The summed E-state index contributed by atoms with van der Waals surface area (Å²) in [6.07, 6.45) is 4.74. The van der Waals surface area contributed by atoms with E-state index in [9.17, 15) is 4.79 Å². The number of rotatable bonds is 16. The Hall–Kier alpha value is -3.59. The van der Waals surface area contributed by atoms with Gasteiger partial charge in [-0.15, -0.1) is 11.3 Å². The number of anilines is 2. The predicted octanol–water partition coefficient (Wildman–Crippen LogP) is 6.81. The van der Waals surface area contributed by atoms with Crippen molar-refractivity contribution in [3.63, 3.8) is 0 Å². The number of hydrogen-bond acceptors (Lipinski definition) is 7. The van der Waals surface area contributed by atoms with E-state index < -0.39 is 0 Å². The van der Waals surface area contributed by atoms with E-state index in [1.165, 1.54) is 15.8 Å². The van der Waals surface area contributed by atoms with Crippen LogP contribution in [-0.4, -0.2) is 64.2 Å². The summed E-state index contributed by atoms with van der Waals surface area (Å²) in [5.41, 5.74) is 3.28. The van der Waals surface area contributed by atoms with E-state index in [1.807, 2.05) is 53.8 Å². The van der Waals surface area contributed by atoms with Gasteiger partial charge in [0.1, 0.15) is 18.2 Å². The van der Waals surface area contributed by atoms with Gasteiger partial charge in [0.05, 0.1) is 12.3 Å². The van der Waals surface area contributed by atoms with Gasteiger partial charge in [-0.05, 0) is 73.1 Å². The lowest BCUT2D eigenvalue weighted by Crippen LogP contribution is -2.46. The van der Waals surface area contributed by atoms with Gasteiger partial charge in [0.15, 0.2) is 6.79 Å². The Morgan fingerprint density at radius 2 is 1.76 bits per heavy atom. The van der Waals surface area contributed by atoms with Crippen molar-refractivity contribution in [1.29, 1.82) is 0 Å². The first kappa shape index (κ1) is 29.9. The SMILES string of the molecule is CCCc1ccc(OCCCCN2CCN(c3cccc4sccc34)CC2)cc1N(C=O)COCOc1ccccc1. The average molecular weight is 588 g/mol. The molecule has 42 heavy (non-hydrogen) atoms. The lowest BCUT2D eigenvalue weighted by Gasteiger charge is -2.36. The smallest absolute Gasteiger partial charge is 0.216 e. The summed E-state index contributed by atoms with van der Waals surface area (Å²) < 4.78 is 18.7. The normalized spacial score (nSPS) is 13.8. The van der Waals surface area contributed by atoms with Crippen molar-refractivity contribution in [3.05, 3.63) is 83.7 Å². The van der Waals surface area contributed by atoms with Crippen molar-refractivity contribution in [3.8, 4) is 11.5 Å². The summed E-state index contributed by atoms with van der Waals surface area (Å²) in [5, 5.41) is 3.56. The van der Waals surface area contributed by atoms with Gasteiger partial charge in [0, 0.05) is 48.0 Å². The van der Waals surface area contributed by atoms with E-state index >= 15 is 0 Å². The Morgan fingerprint density at radius 3 is 2.57 bits per heavy atom. The van der Waals surface area contributed by atoms with Crippen molar-refractivity contribution in [2.24, 2.45) is 0 Å². The number of hydrogen-bond donors (Lipinski definition) is 0. The van der Waals surface area contributed by atoms with E-state index in [-0.39, 0.29) is 13.5 Å². The number of thiophene rings is 1. The summed E-state index contributed by atoms with van der Waals surface area (Å²) in [4.78, 5) is 18.7. The maximum Gasteiger partial charge on any atom is 0.216 e. The molecule has 2 heterocycles. The highest BCUT2D eigenvalue weighted by molar-refractivity contribution is 7.17. The highest BCUT2D eigenvalue weighted by atomic mass is 32.1. The summed E-state index contributed by atoms with van der Waals surface area (Å²) in [6, 6.07) is 24.4. The second-order valence-electron chi connectivity index (χ2n) is 10.5. The van der Waals surface area contributed by atoms with Crippen LogP contribution in [0.1, 0.15) is 31.7 Å². The summed E-state index contributed by atoms with van der Waals surface area (Å²) in [6.45, 7) is 8.33. The fourth-order valence-electron chi connectivity index (χ4n) is 5.39. The molecule has 1 saturated heterocycles. The second kappa shape index (κ2) is 15.6.